The van der Waals surface area contributed by atoms with E-state index in [-0.39, 0.29) is 11.7 Å². The zero-order chi connectivity index (χ0) is 15.4. The molecular weight excluding hydrogens is 354 g/mol. The molecule has 0 bridgehead atoms. The number of carbonyl (C=O) groups is 1. The van der Waals surface area contributed by atoms with Gasteiger partial charge in [-0.1, -0.05) is 25.6 Å². The summed E-state index contributed by atoms with van der Waals surface area (Å²) in [5, 5.41) is 11.7. The van der Waals surface area contributed by atoms with Crippen molar-refractivity contribution in [2.24, 2.45) is 7.05 Å². The molecule has 1 N–H and O–H groups in total. The van der Waals surface area contributed by atoms with Gasteiger partial charge in [-0.3, -0.25) is 4.79 Å². The minimum absolute atomic E-state index is 0.121. The molecule has 1 amide bonds. The molecule has 0 saturated heterocycles. The molecule has 0 radical (unpaired) electrons. The largest absolute Gasteiger partial charge is 0.310 e. The lowest BCUT2D eigenvalue weighted by Crippen LogP contribution is -2.15. The summed E-state index contributed by atoms with van der Waals surface area (Å²) in [4.78, 5) is 16.0. The van der Waals surface area contributed by atoms with Gasteiger partial charge in [0.2, 0.25) is 5.91 Å². The summed E-state index contributed by atoms with van der Waals surface area (Å²) in [6.45, 7) is 4.12. The molecule has 2 aromatic rings. The van der Waals surface area contributed by atoms with Crippen molar-refractivity contribution in [2.75, 3.05) is 11.1 Å². The van der Waals surface area contributed by atoms with Crippen LogP contribution in [0.1, 0.15) is 25.6 Å². The number of nitrogens with zero attached hydrogens (tertiary/aromatic N) is 4. The quantitative estimate of drug-likeness (QED) is 0.820. The summed E-state index contributed by atoms with van der Waals surface area (Å²) >= 11 is 4.65. The second kappa shape index (κ2) is 7.04. The van der Waals surface area contributed by atoms with Crippen LogP contribution in [-0.4, -0.2) is 31.4 Å². The van der Waals surface area contributed by atoms with E-state index in [1.54, 1.807) is 12.3 Å². The van der Waals surface area contributed by atoms with Crippen molar-refractivity contribution in [3.05, 3.63) is 28.6 Å². The average molecular weight is 370 g/mol. The van der Waals surface area contributed by atoms with Gasteiger partial charge < -0.3 is 9.88 Å². The SMILES string of the molecule is CC(C)c1nnc(SCC(=O)Nc2ccc(Br)cn2)n1C. The zero-order valence-corrected chi connectivity index (χ0v) is 14.4. The Morgan fingerprint density at radius 2 is 2.19 bits per heavy atom. The van der Waals surface area contributed by atoms with E-state index in [9.17, 15) is 4.79 Å². The molecule has 112 valence electrons. The molecule has 0 aliphatic carbocycles. The summed E-state index contributed by atoms with van der Waals surface area (Å²) < 4.78 is 2.79. The minimum Gasteiger partial charge on any atom is -0.310 e. The summed E-state index contributed by atoms with van der Waals surface area (Å²) in [7, 11) is 1.91. The molecule has 0 fully saturated rings. The highest BCUT2D eigenvalue weighted by molar-refractivity contribution is 9.10. The molecule has 0 aliphatic heterocycles. The fourth-order valence-corrected chi connectivity index (χ4v) is 2.67. The predicted molar refractivity (Wildman–Crippen MR) is 86.4 cm³/mol. The summed E-state index contributed by atoms with van der Waals surface area (Å²) in [6.07, 6.45) is 1.64. The Kier molecular flexibility index (Phi) is 5.35. The lowest BCUT2D eigenvalue weighted by molar-refractivity contribution is -0.113. The minimum atomic E-state index is -0.121. The van der Waals surface area contributed by atoms with Gasteiger partial charge in [0.05, 0.1) is 5.75 Å². The maximum atomic E-state index is 11.9. The first-order valence-electron chi connectivity index (χ1n) is 6.41. The van der Waals surface area contributed by atoms with Gasteiger partial charge in [-0.15, -0.1) is 10.2 Å². The number of carbonyl (C=O) groups excluding carboxylic acids is 1. The van der Waals surface area contributed by atoms with Gasteiger partial charge in [-0.25, -0.2) is 4.98 Å². The molecule has 2 rings (SSSR count). The van der Waals surface area contributed by atoms with E-state index < -0.39 is 0 Å². The molecule has 0 atom stereocenters. The highest BCUT2D eigenvalue weighted by atomic mass is 79.9. The predicted octanol–water partition coefficient (Wildman–Crippen LogP) is 2.83. The van der Waals surface area contributed by atoms with Crippen LogP contribution in [-0.2, 0) is 11.8 Å². The van der Waals surface area contributed by atoms with Gasteiger partial charge in [0.15, 0.2) is 5.16 Å². The first-order valence-corrected chi connectivity index (χ1v) is 8.18. The lowest BCUT2D eigenvalue weighted by Gasteiger charge is -2.06. The van der Waals surface area contributed by atoms with Crippen molar-refractivity contribution in [3.8, 4) is 0 Å². The second-order valence-corrected chi connectivity index (χ2v) is 6.61. The Balaban J connectivity index is 1.91. The number of halogens is 1. The smallest absolute Gasteiger partial charge is 0.236 e. The van der Waals surface area contributed by atoms with Crippen LogP contribution in [0.5, 0.6) is 0 Å². The van der Waals surface area contributed by atoms with Gasteiger partial charge in [0, 0.05) is 23.6 Å². The summed E-state index contributed by atoms with van der Waals surface area (Å²) in [5.41, 5.74) is 0. The fraction of sp³-hybridized carbons (Fsp3) is 0.385. The van der Waals surface area contributed by atoms with E-state index in [4.69, 9.17) is 0 Å². The first kappa shape index (κ1) is 16.0. The first-order chi connectivity index (χ1) is 9.97. The number of rotatable bonds is 5. The third-order valence-corrected chi connectivity index (χ3v) is 4.20. The Morgan fingerprint density at radius 1 is 1.43 bits per heavy atom. The van der Waals surface area contributed by atoms with Crippen LogP contribution in [0.25, 0.3) is 0 Å². The van der Waals surface area contributed by atoms with Crippen LogP contribution in [0, 0.1) is 0 Å². The number of thioether (sulfide) groups is 1. The number of amides is 1. The zero-order valence-electron chi connectivity index (χ0n) is 12.0. The Labute approximate surface area is 135 Å². The number of hydrogen-bond acceptors (Lipinski definition) is 5. The van der Waals surface area contributed by atoms with E-state index in [0.717, 1.165) is 15.5 Å². The van der Waals surface area contributed by atoms with Crippen molar-refractivity contribution >= 4 is 39.4 Å². The molecule has 8 heteroatoms. The van der Waals surface area contributed by atoms with Gasteiger partial charge in [-0.2, -0.15) is 0 Å². The summed E-state index contributed by atoms with van der Waals surface area (Å²) in [5.74, 6) is 1.89. The number of hydrogen-bond donors (Lipinski definition) is 1. The van der Waals surface area contributed by atoms with Crippen LogP contribution in [0.4, 0.5) is 5.82 Å². The molecule has 0 aromatic carbocycles. The summed E-state index contributed by atoms with van der Waals surface area (Å²) in [6, 6.07) is 3.57. The normalized spacial score (nSPS) is 10.9. The maximum absolute atomic E-state index is 11.9. The molecule has 6 nitrogen and oxygen atoms in total. The maximum Gasteiger partial charge on any atom is 0.236 e. The molecule has 2 heterocycles. The second-order valence-electron chi connectivity index (χ2n) is 4.75. The van der Waals surface area contributed by atoms with Crippen molar-refractivity contribution in [1.82, 2.24) is 19.7 Å². The highest BCUT2D eigenvalue weighted by Gasteiger charge is 2.13. The van der Waals surface area contributed by atoms with E-state index in [1.165, 1.54) is 11.8 Å². The topological polar surface area (TPSA) is 72.7 Å². The standard InChI is InChI=1S/C13H16BrN5OS/c1-8(2)12-17-18-13(19(12)3)21-7-11(20)16-10-5-4-9(14)6-15-10/h4-6,8H,7H2,1-3H3,(H,15,16,20). The number of anilines is 1. The van der Waals surface area contributed by atoms with Crippen molar-refractivity contribution in [3.63, 3.8) is 0 Å². The van der Waals surface area contributed by atoms with Crippen LogP contribution in [0.2, 0.25) is 0 Å². The van der Waals surface area contributed by atoms with Gasteiger partial charge in [0.25, 0.3) is 0 Å². The lowest BCUT2D eigenvalue weighted by atomic mass is 10.2. The van der Waals surface area contributed by atoms with Crippen molar-refractivity contribution < 1.29 is 4.79 Å². The van der Waals surface area contributed by atoms with Crippen LogP contribution in [0.3, 0.4) is 0 Å². The van der Waals surface area contributed by atoms with E-state index in [1.807, 2.05) is 17.7 Å². The fourth-order valence-electron chi connectivity index (χ4n) is 1.71. The van der Waals surface area contributed by atoms with E-state index in [2.05, 4.69) is 50.3 Å². The highest BCUT2D eigenvalue weighted by Crippen LogP contribution is 2.20. The Morgan fingerprint density at radius 3 is 2.76 bits per heavy atom. The monoisotopic (exact) mass is 369 g/mol. The van der Waals surface area contributed by atoms with E-state index in [0.29, 0.717) is 11.7 Å². The molecular formula is C13H16BrN5OS. The molecule has 21 heavy (non-hydrogen) atoms. The third-order valence-electron chi connectivity index (χ3n) is 2.71. The average Bonchev–Trinajstić information content (AvgIpc) is 2.80. The van der Waals surface area contributed by atoms with Gasteiger partial charge >= 0.3 is 0 Å². The van der Waals surface area contributed by atoms with Gasteiger partial charge in [0.1, 0.15) is 11.6 Å². The molecule has 0 saturated carbocycles. The van der Waals surface area contributed by atoms with Crippen molar-refractivity contribution in [2.45, 2.75) is 24.9 Å². The Bertz CT molecular complexity index is 626. The van der Waals surface area contributed by atoms with Gasteiger partial charge in [-0.05, 0) is 28.1 Å². The number of aromatic nitrogens is 4. The third kappa shape index (κ3) is 4.28. The molecule has 0 spiro atoms. The van der Waals surface area contributed by atoms with Crippen LogP contribution < -0.4 is 5.32 Å². The van der Waals surface area contributed by atoms with E-state index >= 15 is 0 Å². The molecule has 2 aromatic heterocycles. The van der Waals surface area contributed by atoms with Crippen LogP contribution >= 0.6 is 27.7 Å². The molecule has 0 aliphatic rings. The van der Waals surface area contributed by atoms with Crippen molar-refractivity contribution in [1.29, 1.82) is 0 Å². The molecule has 0 unspecified atom stereocenters. The number of pyridine rings is 1. The van der Waals surface area contributed by atoms with Crippen LogP contribution in [0.15, 0.2) is 28.0 Å². The Hall–Kier alpha value is -1.41. The number of nitrogens with one attached hydrogen (secondary N) is 1.